The predicted molar refractivity (Wildman–Crippen MR) is 105 cm³/mol. The first-order chi connectivity index (χ1) is 12.6. The molecule has 0 aliphatic rings. The molecule has 1 amide bonds. The summed E-state index contributed by atoms with van der Waals surface area (Å²) in [5, 5.41) is 12.1. The molecule has 1 N–H and O–H groups in total. The van der Waals surface area contributed by atoms with Crippen LogP contribution in [0.5, 0.6) is 5.75 Å². The molecule has 0 atom stereocenters. The molecule has 0 fully saturated rings. The first-order valence-electron chi connectivity index (χ1n) is 7.40. The fourth-order valence-electron chi connectivity index (χ4n) is 2.68. The Morgan fingerprint density at radius 2 is 1.81 bits per heavy atom. The molecule has 0 radical (unpaired) electrons. The van der Waals surface area contributed by atoms with Crippen LogP contribution in [-0.4, -0.2) is 57.8 Å². The number of amides is 1. The fraction of sp³-hybridized carbons (Fsp3) is 0.0588. The summed E-state index contributed by atoms with van der Waals surface area (Å²) >= 11 is 12.2. The van der Waals surface area contributed by atoms with E-state index in [2.05, 4.69) is 20.5 Å². The molecule has 132 valence electrons. The van der Waals surface area contributed by atoms with Gasteiger partial charge in [0, 0.05) is 17.8 Å². The molecule has 10 heteroatoms. The third kappa shape index (κ3) is 3.49. The number of carbonyl (C=O) groups is 1. The molecule has 0 saturated carbocycles. The predicted octanol–water partition coefficient (Wildman–Crippen LogP) is 3.69. The van der Waals surface area contributed by atoms with Crippen LogP contribution in [-0.2, 0) is 0 Å². The minimum absolute atomic E-state index is 0. The summed E-state index contributed by atoms with van der Waals surface area (Å²) in [7, 11) is 1.52. The van der Waals surface area contributed by atoms with Gasteiger partial charge in [-0.15, -0.1) is 0 Å². The Labute approximate surface area is 185 Å². The summed E-state index contributed by atoms with van der Waals surface area (Å²) in [6.07, 6.45) is 5.81. The van der Waals surface area contributed by atoms with Crippen molar-refractivity contribution in [2.45, 2.75) is 0 Å². The van der Waals surface area contributed by atoms with Gasteiger partial charge in [0.1, 0.15) is 0 Å². The molecular formula is C17H11Cl2N4NaO3. The Hall–Kier alpha value is -1.90. The number of ether oxygens (including phenoxy) is 1. The number of hydrogen-bond acceptors (Lipinski definition) is 6. The van der Waals surface area contributed by atoms with Crippen LogP contribution < -0.4 is 10.1 Å². The van der Waals surface area contributed by atoms with E-state index in [9.17, 15) is 4.79 Å². The Balaban J connectivity index is 0.00000210. The van der Waals surface area contributed by atoms with Gasteiger partial charge in [0.2, 0.25) is 0 Å². The van der Waals surface area contributed by atoms with E-state index in [-0.39, 0.29) is 45.3 Å². The Kier molecular flexibility index (Phi) is 5.88. The maximum atomic E-state index is 12.9. The Bertz CT molecular complexity index is 1150. The zero-order chi connectivity index (χ0) is 18.3. The number of pyridine rings is 1. The van der Waals surface area contributed by atoms with Crippen LogP contribution in [0.3, 0.4) is 0 Å². The third-order valence-corrected chi connectivity index (χ3v) is 4.43. The number of fused-ring (bicyclic) bond motifs is 3. The van der Waals surface area contributed by atoms with Crippen molar-refractivity contribution in [1.82, 2.24) is 15.2 Å². The number of anilines is 1. The second-order valence-corrected chi connectivity index (χ2v) is 6.14. The van der Waals surface area contributed by atoms with Gasteiger partial charge in [-0.05, 0) is 12.1 Å². The van der Waals surface area contributed by atoms with Crippen molar-refractivity contribution >= 4 is 86.3 Å². The normalized spacial score (nSPS) is 10.6. The number of aromatic nitrogens is 3. The monoisotopic (exact) mass is 412 g/mol. The quantitative estimate of drug-likeness (QED) is 0.516. The molecule has 0 bridgehead atoms. The number of nitrogens with zero attached hydrogens (tertiary/aromatic N) is 3. The zero-order valence-electron chi connectivity index (χ0n) is 13.3. The summed E-state index contributed by atoms with van der Waals surface area (Å²) in [6, 6.07) is 3.28. The number of methoxy groups -OCH3 is 1. The molecule has 7 nitrogen and oxygen atoms in total. The minimum atomic E-state index is -0.410. The Morgan fingerprint density at radius 3 is 2.52 bits per heavy atom. The second kappa shape index (κ2) is 8.00. The molecule has 0 spiro atoms. The van der Waals surface area contributed by atoms with Crippen LogP contribution in [0.4, 0.5) is 5.69 Å². The van der Waals surface area contributed by atoms with E-state index in [4.69, 9.17) is 32.4 Å². The van der Waals surface area contributed by atoms with Crippen molar-refractivity contribution in [1.29, 1.82) is 0 Å². The summed E-state index contributed by atoms with van der Waals surface area (Å²) < 4.78 is 11.1. The van der Waals surface area contributed by atoms with Crippen LogP contribution in [0.2, 0.25) is 10.0 Å². The molecule has 3 aromatic heterocycles. The molecular weight excluding hydrogens is 402 g/mol. The van der Waals surface area contributed by atoms with Crippen LogP contribution >= 0.6 is 23.2 Å². The number of hydrogen-bond donors (Lipinski definition) is 1. The van der Waals surface area contributed by atoms with Crippen molar-refractivity contribution in [2.75, 3.05) is 12.4 Å². The molecule has 1 aromatic carbocycles. The van der Waals surface area contributed by atoms with Gasteiger partial charge >= 0.3 is 29.6 Å². The molecule has 4 rings (SSSR count). The molecule has 27 heavy (non-hydrogen) atoms. The van der Waals surface area contributed by atoms with Crippen molar-refractivity contribution in [3.8, 4) is 5.75 Å². The number of halogens is 2. The molecule has 0 aliphatic carbocycles. The topological polar surface area (TPSA) is 90.1 Å². The molecule has 4 aromatic rings. The van der Waals surface area contributed by atoms with E-state index >= 15 is 0 Å². The summed E-state index contributed by atoms with van der Waals surface area (Å²) in [5.74, 6) is 0.0832. The van der Waals surface area contributed by atoms with Gasteiger partial charge in [-0.25, -0.2) is 0 Å². The van der Waals surface area contributed by atoms with Crippen LogP contribution in [0.25, 0.3) is 21.9 Å². The van der Waals surface area contributed by atoms with E-state index in [0.29, 0.717) is 33.3 Å². The molecule has 0 unspecified atom stereocenters. The standard InChI is InChI=1S/C17H10Cl2N4O3.Na.H/c1-25-12-3-2-8(14-9-4-21-22-7-13(9)26-16(12)14)17(24)23-15-10(18)5-20-6-11(15)19;;/h2-7H,1H3,(H,20,23,24);;. The van der Waals surface area contributed by atoms with Crippen molar-refractivity contribution < 1.29 is 13.9 Å². The van der Waals surface area contributed by atoms with E-state index in [1.165, 1.54) is 31.9 Å². The van der Waals surface area contributed by atoms with Gasteiger partial charge in [-0.3, -0.25) is 9.78 Å². The van der Waals surface area contributed by atoms with Gasteiger partial charge in [0.05, 0.1) is 46.2 Å². The number of nitrogens with one attached hydrogen (secondary N) is 1. The Morgan fingerprint density at radius 1 is 1.11 bits per heavy atom. The van der Waals surface area contributed by atoms with E-state index in [0.717, 1.165) is 0 Å². The number of rotatable bonds is 3. The van der Waals surface area contributed by atoms with E-state index < -0.39 is 5.91 Å². The van der Waals surface area contributed by atoms with Crippen molar-refractivity contribution in [3.63, 3.8) is 0 Å². The zero-order valence-corrected chi connectivity index (χ0v) is 14.8. The number of carbonyl (C=O) groups excluding carboxylic acids is 1. The number of furan rings is 1. The van der Waals surface area contributed by atoms with Gasteiger partial charge in [0.25, 0.3) is 5.91 Å². The fourth-order valence-corrected chi connectivity index (χ4v) is 3.14. The maximum absolute atomic E-state index is 12.9. The summed E-state index contributed by atoms with van der Waals surface area (Å²) in [5.41, 5.74) is 1.56. The van der Waals surface area contributed by atoms with Crippen LogP contribution in [0.1, 0.15) is 10.4 Å². The van der Waals surface area contributed by atoms with Gasteiger partial charge in [-0.2, -0.15) is 10.2 Å². The summed E-state index contributed by atoms with van der Waals surface area (Å²) in [4.78, 5) is 16.8. The van der Waals surface area contributed by atoms with Crippen molar-refractivity contribution in [2.24, 2.45) is 0 Å². The SMILES string of the molecule is COc1ccc(C(=O)Nc2c(Cl)cncc2Cl)c2c1oc1cnncc12.[NaH]. The van der Waals surface area contributed by atoms with Crippen LogP contribution in [0, 0.1) is 0 Å². The second-order valence-electron chi connectivity index (χ2n) is 5.32. The molecule has 0 saturated heterocycles. The van der Waals surface area contributed by atoms with Gasteiger partial charge in [0.15, 0.2) is 16.9 Å². The summed E-state index contributed by atoms with van der Waals surface area (Å²) in [6.45, 7) is 0. The average Bonchev–Trinajstić information content (AvgIpc) is 3.03. The third-order valence-electron chi connectivity index (χ3n) is 3.85. The molecule has 0 aliphatic heterocycles. The van der Waals surface area contributed by atoms with Gasteiger partial charge < -0.3 is 14.5 Å². The van der Waals surface area contributed by atoms with Crippen molar-refractivity contribution in [3.05, 3.63) is 52.5 Å². The average molecular weight is 413 g/mol. The van der Waals surface area contributed by atoms with Gasteiger partial charge in [-0.1, -0.05) is 23.2 Å². The molecule has 3 heterocycles. The van der Waals surface area contributed by atoms with Crippen LogP contribution in [0.15, 0.2) is 41.3 Å². The first-order valence-corrected chi connectivity index (χ1v) is 8.16. The van der Waals surface area contributed by atoms with E-state index in [1.54, 1.807) is 12.1 Å². The van der Waals surface area contributed by atoms with E-state index in [1.807, 2.05) is 0 Å². The first kappa shape index (κ1) is 19.9. The number of benzene rings is 1.